The van der Waals surface area contributed by atoms with Crippen molar-refractivity contribution in [3.8, 4) is 11.5 Å². The van der Waals surface area contributed by atoms with Crippen LogP contribution in [-0.4, -0.2) is 34.3 Å². The van der Waals surface area contributed by atoms with Crippen LogP contribution in [0.4, 0.5) is 11.4 Å². The van der Waals surface area contributed by atoms with Crippen LogP contribution in [0.2, 0.25) is 0 Å². The van der Waals surface area contributed by atoms with E-state index in [4.69, 9.17) is 9.47 Å². The standard InChI is InChI=1S/C16H16N2O5S2/c1-22-10-3-5-12(14(7-10)23-2)18-25(20,21)11-4-6-15-13(8-11)17-16(19)9-24-15/h3-8,18H,9H2,1-2H3,(H,17,19). The molecule has 0 aliphatic carbocycles. The highest BCUT2D eigenvalue weighted by atomic mass is 32.2. The maximum absolute atomic E-state index is 12.7. The number of carbonyl (C=O) groups is 1. The molecule has 0 fully saturated rings. The molecule has 2 aromatic rings. The number of anilines is 2. The second kappa shape index (κ2) is 6.85. The number of rotatable bonds is 5. The smallest absolute Gasteiger partial charge is 0.262 e. The average molecular weight is 380 g/mol. The molecule has 0 spiro atoms. The molecule has 3 rings (SSSR count). The van der Waals surface area contributed by atoms with Crippen molar-refractivity contribution in [1.82, 2.24) is 0 Å². The number of benzene rings is 2. The van der Waals surface area contributed by atoms with Crippen molar-refractivity contribution in [3.63, 3.8) is 0 Å². The van der Waals surface area contributed by atoms with Crippen LogP contribution in [0.3, 0.4) is 0 Å². The summed E-state index contributed by atoms with van der Waals surface area (Å²) in [6, 6.07) is 9.40. The number of sulfonamides is 1. The van der Waals surface area contributed by atoms with E-state index in [1.165, 1.54) is 38.1 Å². The third kappa shape index (κ3) is 3.67. The first-order valence-corrected chi connectivity index (χ1v) is 9.71. The topological polar surface area (TPSA) is 93.7 Å². The minimum absolute atomic E-state index is 0.0481. The van der Waals surface area contributed by atoms with Crippen molar-refractivity contribution in [1.29, 1.82) is 0 Å². The van der Waals surface area contributed by atoms with Gasteiger partial charge < -0.3 is 14.8 Å². The van der Waals surface area contributed by atoms with Crippen LogP contribution in [0.5, 0.6) is 11.5 Å². The van der Waals surface area contributed by atoms with Crippen molar-refractivity contribution in [2.45, 2.75) is 9.79 Å². The van der Waals surface area contributed by atoms with Gasteiger partial charge in [-0.2, -0.15) is 0 Å². The van der Waals surface area contributed by atoms with Crippen molar-refractivity contribution in [2.75, 3.05) is 30.0 Å². The summed E-state index contributed by atoms with van der Waals surface area (Å²) >= 11 is 1.37. The molecule has 7 nitrogen and oxygen atoms in total. The molecule has 0 saturated heterocycles. The van der Waals surface area contributed by atoms with E-state index in [2.05, 4.69) is 10.0 Å². The van der Waals surface area contributed by atoms with E-state index in [9.17, 15) is 13.2 Å². The highest BCUT2D eigenvalue weighted by Gasteiger charge is 2.21. The van der Waals surface area contributed by atoms with Gasteiger partial charge in [-0.3, -0.25) is 9.52 Å². The highest BCUT2D eigenvalue weighted by Crippen LogP contribution is 2.35. The van der Waals surface area contributed by atoms with E-state index in [1.807, 2.05) is 0 Å². The SMILES string of the molecule is COc1ccc(NS(=O)(=O)c2ccc3c(c2)NC(=O)CS3)c(OC)c1. The molecular formula is C16H16N2O5S2. The quantitative estimate of drug-likeness (QED) is 0.828. The van der Waals surface area contributed by atoms with Crippen LogP contribution in [-0.2, 0) is 14.8 Å². The summed E-state index contributed by atoms with van der Waals surface area (Å²) in [7, 11) is -0.893. The van der Waals surface area contributed by atoms with Gasteiger partial charge in [0.25, 0.3) is 10.0 Å². The molecule has 1 aliphatic heterocycles. The molecule has 0 unspecified atom stereocenters. The first-order chi connectivity index (χ1) is 11.9. The van der Waals surface area contributed by atoms with Gasteiger partial charge in [-0.1, -0.05) is 0 Å². The lowest BCUT2D eigenvalue weighted by atomic mass is 10.3. The lowest BCUT2D eigenvalue weighted by Gasteiger charge is -2.18. The van der Waals surface area contributed by atoms with Crippen LogP contribution in [0, 0.1) is 0 Å². The molecule has 0 bridgehead atoms. The Balaban J connectivity index is 1.92. The number of ether oxygens (including phenoxy) is 2. The summed E-state index contributed by atoms with van der Waals surface area (Å²) in [5.74, 6) is 1.05. The molecule has 132 valence electrons. The number of carbonyl (C=O) groups excluding carboxylic acids is 1. The van der Waals surface area contributed by atoms with Crippen LogP contribution in [0.1, 0.15) is 0 Å². The number of amides is 1. The van der Waals surface area contributed by atoms with Gasteiger partial charge in [0, 0.05) is 11.0 Å². The van der Waals surface area contributed by atoms with Crippen molar-refractivity contribution in [2.24, 2.45) is 0 Å². The molecule has 1 aliphatic rings. The van der Waals surface area contributed by atoms with Gasteiger partial charge in [0.1, 0.15) is 11.5 Å². The zero-order valence-corrected chi connectivity index (χ0v) is 15.2. The van der Waals surface area contributed by atoms with E-state index in [0.29, 0.717) is 28.6 Å². The Morgan fingerprint density at radius 3 is 2.64 bits per heavy atom. The van der Waals surface area contributed by atoms with Gasteiger partial charge >= 0.3 is 0 Å². The largest absolute Gasteiger partial charge is 0.497 e. The fourth-order valence-electron chi connectivity index (χ4n) is 2.32. The second-order valence-corrected chi connectivity index (χ2v) is 7.87. The Morgan fingerprint density at radius 2 is 1.92 bits per heavy atom. The van der Waals surface area contributed by atoms with Crippen molar-refractivity contribution < 1.29 is 22.7 Å². The zero-order chi connectivity index (χ0) is 18.0. The Hall–Kier alpha value is -2.39. The summed E-state index contributed by atoms with van der Waals surface area (Å²) in [4.78, 5) is 12.4. The van der Waals surface area contributed by atoms with E-state index < -0.39 is 10.0 Å². The van der Waals surface area contributed by atoms with Crippen molar-refractivity contribution in [3.05, 3.63) is 36.4 Å². The summed E-state index contributed by atoms with van der Waals surface area (Å²) in [6.45, 7) is 0. The number of hydrogen-bond acceptors (Lipinski definition) is 6. The van der Waals surface area contributed by atoms with Gasteiger partial charge in [-0.25, -0.2) is 8.42 Å². The molecule has 2 aromatic carbocycles. The molecule has 1 heterocycles. The number of nitrogens with one attached hydrogen (secondary N) is 2. The molecule has 25 heavy (non-hydrogen) atoms. The van der Waals surface area contributed by atoms with Crippen LogP contribution >= 0.6 is 11.8 Å². The molecule has 0 radical (unpaired) electrons. The number of methoxy groups -OCH3 is 2. The summed E-state index contributed by atoms with van der Waals surface area (Å²) in [5, 5.41) is 2.68. The van der Waals surface area contributed by atoms with Crippen LogP contribution < -0.4 is 19.5 Å². The molecule has 0 saturated carbocycles. The predicted molar refractivity (Wildman–Crippen MR) is 96.2 cm³/mol. The first kappa shape index (κ1) is 17.4. The van der Waals surface area contributed by atoms with E-state index in [1.54, 1.807) is 24.3 Å². The Labute approximate surface area is 149 Å². The third-order valence-corrected chi connectivity index (χ3v) is 5.98. The summed E-state index contributed by atoms with van der Waals surface area (Å²) in [6.07, 6.45) is 0. The lowest BCUT2D eigenvalue weighted by Crippen LogP contribution is -2.20. The molecule has 0 atom stereocenters. The summed E-state index contributed by atoms with van der Waals surface area (Å²) < 4.78 is 38.1. The van der Waals surface area contributed by atoms with Crippen molar-refractivity contribution >= 4 is 39.1 Å². The minimum atomic E-state index is -3.85. The molecule has 9 heteroatoms. The minimum Gasteiger partial charge on any atom is -0.497 e. The zero-order valence-electron chi connectivity index (χ0n) is 13.5. The fourth-order valence-corrected chi connectivity index (χ4v) is 4.20. The Kier molecular flexibility index (Phi) is 4.78. The normalized spacial score (nSPS) is 13.6. The average Bonchev–Trinajstić information content (AvgIpc) is 2.61. The summed E-state index contributed by atoms with van der Waals surface area (Å²) in [5.41, 5.74) is 0.783. The van der Waals surface area contributed by atoms with Gasteiger partial charge in [-0.05, 0) is 30.3 Å². The second-order valence-electron chi connectivity index (χ2n) is 5.17. The van der Waals surface area contributed by atoms with Gasteiger partial charge in [0.05, 0.1) is 36.2 Å². The fraction of sp³-hybridized carbons (Fsp3) is 0.188. The van der Waals surface area contributed by atoms with Gasteiger partial charge in [0.15, 0.2) is 0 Å². The monoisotopic (exact) mass is 380 g/mol. The first-order valence-electron chi connectivity index (χ1n) is 7.24. The Bertz CT molecular complexity index is 928. The van der Waals surface area contributed by atoms with E-state index in [-0.39, 0.29) is 10.8 Å². The van der Waals surface area contributed by atoms with Crippen LogP contribution in [0.25, 0.3) is 0 Å². The van der Waals surface area contributed by atoms with Gasteiger partial charge in [-0.15, -0.1) is 11.8 Å². The van der Waals surface area contributed by atoms with Gasteiger partial charge in [0.2, 0.25) is 5.91 Å². The van der Waals surface area contributed by atoms with Crippen LogP contribution in [0.15, 0.2) is 46.2 Å². The van der Waals surface area contributed by atoms with E-state index in [0.717, 1.165) is 4.90 Å². The lowest BCUT2D eigenvalue weighted by molar-refractivity contribution is -0.113. The third-order valence-electron chi connectivity index (χ3n) is 3.55. The molecule has 1 amide bonds. The highest BCUT2D eigenvalue weighted by molar-refractivity contribution is 8.00. The predicted octanol–water partition coefficient (Wildman–Crippen LogP) is 2.55. The number of hydrogen-bond donors (Lipinski definition) is 2. The molecule has 2 N–H and O–H groups in total. The Morgan fingerprint density at radius 1 is 1.12 bits per heavy atom. The maximum atomic E-state index is 12.7. The van der Waals surface area contributed by atoms with E-state index >= 15 is 0 Å². The maximum Gasteiger partial charge on any atom is 0.262 e. The molecule has 0 aromatic heterocycles. The molecular weight excluding hydrogens is 364 g/mol. The number of fused-ring (bicyclic) bond motifs is 1. The number of thioether (sulfide) groups is 1.